The Kier molecular flexibility index (Phi) is 4.67. The van der Waals surface area contributed by atoms with Crippen molar-refractivity contribution < 1.29 is 14.3 Å². The van der Waals surface area contributed by atoms with Crippen molar-refractivity contribution in [2.45, 2.75) is 25.5 Å². The third-order valence-electron chi connectivity index (χ3n) is 4.61. The number of benzene rings is 2. The van der Waals surface area contributed by atoms with Crippen molar-refractivity contribution in [3.05, 3.63) is 65.2 Å². The Morgan fingerprint density at radius 2 is 2.08 bits per heavy atom. The minimum Gasteiger partial charge on any atom is -0.445 e. The van der Waals surface area contributed by atoms with Gasteiger partial charge < -0.3 is 9.64 Å². The first-order valence-electron chi connectivity index (χ1n) is 8.53. The lowest BCUT2D eigenvalue weighted by atomic mass is 9.94. The van der Waals surface area contributed by atoms with Crippen LogP contribution < -0.4 is 0 Å². The van der Waals surface area contributed by atoms with Gasteiger partial charge in [-0.05, 0) is 23.3 Å². The van der Waals surface area contributed by atoms with Gasteiger partial charge >= 0.3 is 6.09 Å². The first-order chi connectivity index (χ1) is 12.7. The molecular formula is C20H18N2O3S. The molecule has 5 nitrogen and oxygen atoms in total. The zero-order valence-electron chi connectivity index (χ0n) is 14.1. The fraction of sp³-hybridized carbons (Fsp3) is 0.250. The van der Waals surface area contributed by atoms with Crippen molar-refractivity contribution in [1.82, 2.24) is 9.88 Å². The highest BCUT2D eigenvalue weighted by molar-refractivity contribution is 7.16. The van der Waals surface area contributed by atoms with Crippen LogP contribution in [0.15, 0.2) is 54.0 Å². The van der Waals surface area contributed by atoms with Gasteiger partial charge in [0.05, 0.1) is 21.8 Å². The van der Waals surface area contributed by atoms with E-state index in [0.29, 0.717) is 19.4 Å². The van der Waals surface area contributed by atoms with Crippen LogP contribution in [0.4, 0.5) is 4.79 Å². The number of hydrogen-bond donors (Lipinski definition) is 0. The van der Waals surface area contributed by atoms with E-state index in [-0.39, 0.29) is 24.5 Å². The van der Waals surface area contributed by atoms with Crippen LogP contribution in [0, 0.1) is 0 Å². The van der Waals surface area contributed by atoms with E-state index < -0.39 is 0 Å². The van der Waals surface area contributed by atoms with Crippen LogP contribution in [-0.4, -0.2) is 28.3 Å². The Hall–Kier alpha value is -2.73. The average Bonchev–Trinajstić information content (AvgIpc) is 3.14. The van der Waals surface area contributed by atoms with Gasteiger partial charge in [-0.3, -0.25) is 4.79 Å². The maximum absolute atomic E-state index is 12.7. The number of rotatable bonds is 3. The Labute approximate surface area is 155 Å². The molecule has 1 saturated heterocycles. The minimum atomic E-state index is -0.385. The van der Waals surface area contributed by atoms with E-state index in [4.69, 9.17) is 4.74 Å². The molecule has 2 aromatic carbocycles. The van der Waals surface area contributed by atoms with Crippen LogP contribution >= 0.6 is 11.3 Å². The topological polar surface area (TPSA) is 59.5 Å². The molecule has 1 aliphatic rings. The fourth-order valence-corrected chi connectivity index (χ4v) is 3.89. The van der Waals surface area contributed by atoms with Gasteiger partial charge in [0.1, 0.15) is 12.4 Å². The predicted octanol–water partition coefficient (Wildman–Crippen LogP) is 4.34. The van der Waals surface area contributed by atoms with Gasteiger partial charge in [-0.25, -0.2) is 9.78 Å². The van der Waals surface area contributed by atoms with Crippen molar-refractivity contribution >= 4 is 33.4 Å². The van der Waals surface area contributed by atoms with Crippen LogP contribution in [0.2, 0.25) is 0 Å². The summed E-state index contributed by atoms with van der Waals surface area (Å²) in [5.41, 5.74) is 4.55. The van der Waals surface area contributed by atoms with Crippen molar-refractivity contribution in [2.75, 3.05) is 6.54 Å². The molecule has 1 unspecified atom stereocenters. The zero-order chi connectivity index (χ0) is 17.9. The number of likely N-dealkylation sites (tertiary alicyclic amines) is 1. The van der Waals surface area contributed by atoms with Gasteiger partial charge in [-0.1, -0.05) is 36.4 Å². The van der Waals surface area contributed by atoms with Crippen LogP contribution in [0.3, 0.4) is 0 Å². The molecular weight excluding hydrogens is 348 g/mol. The van der Waals surface area contributed by atoms with Crippen LogP contribution in [0.1, 0.15) is 30.0 Å². The van der Waals surface area contributed by atoms with Crippen molar-refractivity contribution in [3.8, 4) is 0 Å². The minimum absolute atomic E-state index is 0.167. The number of ketones is 1. The maximum Gasteiger partial charge on any atom is 0.410 e. The number of ether oxygens (including phenoxy) is 1. The SMILES string of the molecule is O=C1CCN(C(=O)OCc2ccccc2)C(c2ccc3scnc3c2)C1. The summed E-state index contributed by atoms with van der Waals surface area (Å²) in [5.74, 6) is 0.167. The normalized spacial score (nSPS) is 17.5. The summed E-state index contributed by atoms with van der Waals surface area (Å²) in [7, 11) is 0. The highest BCUT2D eigenvalue weighted by Crippen LogP contribution is 2.32. The molecule has 1 aliphatic heterocycles. The predicted molar refractivity (Wildman–Crippen MR) is 99.9 cm³/mol. The molecule has 6 heteroatoms. The maximum atomic E-state index is 12.7. The Balaban J connectivity index is 1.54. The molecule has 0 saturated carbocycles. The summed E-state index contributed by atoms with van der Waals surface area (Å²) in [4.78, 5) is 30.7. The number of thiazole rings is 1. The molecule has 132 valence electrons. The van der Waals surface area contributed by atoms with E-state index in [2.05, 4.69) is 4.98 Å². The van der Waals surface area contributed by atoms with Crippen molar-refractivity contribution in [3.63, 3.8) is 0 Å². The van der Waals surface area contributed by atoms with Gasteiger partial charge in [0.15, 0.2) is 0 Å². The van der Waals surface area contributed by atoms with E-state index >= 15 is 0 Å². The highest BCUT2D eigenvalue weighted by Gasteiger charge is 2.33. The molecule has 1 atom stereocenters. The first kappa shape index (κ1) is 16.7. The van der Waals surface area contributed by atoms with Crippen LogP contribution in [-0.2, 0) is 16.1 Å². The second-order valence-electron chi connectivity index (χ2n) is 6.32. The summed E-state index contributed by atoms with van der Waals surface area (Å²) in [6.07, 6.45) is 0.302. The number of aromatic nitrogens is 1. The van der Waals surface area contributed by atoms with Crippen molar-refractivity contribution in [2.24, 2.45) is 0 Å². The molecule has 1 amide bonds. The summed E-state index contributed by atoms with van der Waals surface area (Å²) >= 11 is 1.57. The van der Waals surface area contributed by atoms with Gasteiger partial charge in [0.2, 0.25) is 0 Å². The molecule has 0 N–H and O–H groups in total. The number of fused-ring (bicyclic) bond motifs is 1. The lowest BCUT2D eigenvalue weighted by Crippen LogP contribution is -2.41. The number of hydrogen-bond acceptors (Lipinski definition) is 5. The lowest BCUT2D eigenvalue weighted by Gasteiger charge is -2.34. The molecule has 2 heterocycles. The summed E-state index contributed by atoms with van der Waals surface area (Å²) in [6, 6.07) is 15.2. The highest BCUT2D eigenvalue weighted by atomic mass is 32.1. The molecule has 4 rings (SSSR count). The summed E-state index contributed by atoms with van der Waals surface area (Å²) in [6.45, 7) is 0.605. The number of carbonyl (C=O) groups excluding carboxylic acids is 2. The lowest BCUT2D eigenvalue weighted by molar-refractivity contribution is -0.122. The molecule has 0 bridgehead atoms. The Morgan fingerprint density at radius 3 is 2.92 bits per heavy atom. The van der Waals surface area contributed by atoms with Gasteiger partial charge in [0, 0.05) is 19.4 Å². The first-order valence-corrected chi connectivity index (χ1v) is 9.41. The quantitative estimate of drug-likeness (QED) is 0.692. The molecule has 0 radical (unpaired) electrons. The standard InChI is InChI=1S/C20H18N2O3S/c23-16-8-9-22(20(24)25-12-14-4-2-1-3-5-14)18(11-16)15-6-7-19-17(10-15)21-13-26-19/h1-7,10,13,18H,8-9,11-12H2. The smallest absolute Gasteiger partial charge is 0.410 e. The third-order valence-corrected chi connectivity index (χ3v) is 5.42. The van der Waals surface area contributed by atoms with E-state index in [1.165, 1.54) is 0 Å². The molecule has 1 fully saturated rings. The second kappa shape index (κ2) is 7.25. The third kappa shape index (κ3) is 3.46. The number of piperidine rings is 1. The van der Waals surface area contributed by atoms with Crippen LogP contribution in [0.25, 0.3) is 10.2 Å². The zero-order valence-corrected chi connectivity index (χ0v) is 14.9. The fourth-order valence-electron chi connectivity index (χ4n) is 3.23. The number of nitrogens with zero attached hydrogens (tertiary/aromatic N) is 2. The van der Waals surface area contributed by atoms with E-state index in [1.807, 2.05) is 48.5 Å². The van der Waals surface area contributed by atoms with Gasteiger partial charge in [-0.15, -0.1) is 11.3 Å². The van der Waals surface area contributed by atoms with Crippen LogP contribution in [0.5, 0.6) is 0 Å². The average molecular weight is 366 g/mol. The van der Waals surface area contributed by atoms with E-state index in [1.54, 1.807) is 21.7 Å². The molecule has 1 aromatic heterocycles. The molecule has 26 heavy (non-hydrogen) atoms. The number of carbonyl (C=O) groups is 2. The Morgan fingerprint density at radius 1 is 1.23 bits per heavy atom. The number of Topliss-reactive ketones (excluding diaryl/α,β-unsaturated/α-hetero) is 1. The Bertz CT molecular complexity index is 938. The van der Waals surface area contributed by atoms with Gasteiger partial charge in [0.25, 0.3) is 0 Å². The monoisotopic (exact) mass is 366 g/mol. The largest absolute Gasteiger partial charge is 0.445 e. The van der Waals surface area contributed by atoms with Crippen molar-refractivity contribution in [1.29, 1.82) is 0 Å². The second-order valence-corrected chi connectivity index (χ2v) is 7.21. The summed E-state index contributed by atoms with van der Waals surface area (Å²) in [5, 5.41) is 0. The molecule has 0 aliphatic carbocycles. The van der Waals surface area contributed by atoms with E-state index in [9.17, 15) is 9.59 Å². The summed E-state index contributed by atoms with van der Waals surface area (Å²) < 4.78 is 6.58. The number of amides is 1. The van der Waals surface area contributed by atoms with Gasteiger partial charge in [-0.2, -0.15) is 0 Å². The van der Waals surface area contributed by atoms with E-state index in [0.717, 1.165) is 21.3 Å². The molecule has 0 spiro atoms. The molecule has 3 aromatic rings.